The quantitative estimate of drug-likeness (QED) is 0.147. The van der Waals surface area contributed by atoms with Gasteiger partial charge in [-0.25, -0.2) is 14.2 Å². The molecule has 0 spiro atoms. The highest BCUT2D eigenvalue weighted by Crippen LogP contribution is 2.35. The van der Waals surface area contributed by atoms with Crippen molar-refractivity contribution in [1.82, 2.24) is 25.0 Å². The van der Waals surface area contributed by atoms with Crippen LogP contribution in [-0.4, -0.2) is 57.8 Å². The maximum absolute atomic E-state index is 14.9. The van der Waals surface area contributed by atoms with E-state index in [9.17, 15) is 9.18 Å². The second kappa shape index (κ2) is 15.2. The predicted octanol–water partition coefficient (Wildman–Crippen LogP) is 7.45. The van der Waals surface area contributed by atoms with Gasteiger partial charge >= 0.3 is 6.09 Å². The highest BCUT2D eigenvalue weighted by molar-refractivity contribution is 5.87. The van der Waals surface area contributed by atoms with E-state index < -0.39 is 11.9 Å². The van der Waals surface area contributed by atoms with Crippen LogP contribution in [0.25, 0.3) is 11.1 Å². The molecule has 3 aromatic carbocycles. The summed E-state index contributed by atoms with van der Waals surface area (Å²) in [7, 11) is 2.09. The third-order valence-electron chi connectivity index (χ3n) is 8.61. The summed E-state index contributed by atoms with van der Waals surface area (Å²) in [5.74, 6) is 1.98. The van der Waals surface area contributed by atoms with Gasteiger partial charge in [-0.1, -0.05) is 35.5 Å². The Morgan fingerprint density at radius 2 is 1.90 bits per heavy atom. The number of aromatic nitrogens is 4. The van der Waals surface area contributed by atoms with Crippen LogP contribution in [0.15, 0.2) is 71.4 Å². The summed E-state index contributed by atoms with van der Waals surface area (Å²) in [5, 5.41) is 9.54. The molecule has 0 bridgehead atoms. The van der Waals surface area contributed by atoms with Crippen LogP contribution >= 0.6 is 0 Å². The van der Waals surface area contributed by atoms with Crippen molar-refractivity contribution in [3.8, 4) is 22.6 Å². The van der Waals surface area contributed by atoms with Gasteiger partial charge in [0.1, 0.15) is 11.6 Å². The van der Waals surface area contributed by atoms with Crippen molar-refractivity contribution in [2.45, 2.75) is 46.5 Å². The number of anilines is 3. The first-order valence-corrected chi connectivity index (χ1v) is 16.4. The van der Waals surface area contributed by atoms with E-state index in [-0.39, 0.29) is 17.5 Å². The lowest BCUT2D eigenvalue weighted by atomic mass is 9.95. The summed E-state index contributed by atoms with van der Waals surface area (Å²) >= 11 is 0. The number of hydrogen-bond donors (Lipinski definition) is 2. The Bertz CT molecular complexity index is 1930. The smallest absolute Gasteiger partial charge is 0.418 e. The van der Waals surface area contributed by atoms with Gasteiger partial charge in [-0.15, -0.1) is 0 Å². The van der Waals surface area contributed by atoms with Gasteiger partial charge in [0.15, 0.2) is 17.4 Å². The first kappa shape index (κ1) is 33.5. The number of ether oxygens (including phenoxy) is 2. The minimum absolute atomic E-state index is 0.172. The van der Waals surface area contributed by atoms with Crippen LogP contribution in [0, 0.1) is 32.5 Å². The molecule has 254 valence electrons. The van der Waals surface area contributed by atoms with Gasteiger partial charge < -0.3 is 24.2 Å². The first-order chi connectivity index (χ1) is 23.7. The number of halogens is 1. The van der Waals surface area contributed by atoms with Crippen molar-refractivity contribution < 1.29 is 23.2 Å². The standard InChI is InChI=1S/C37H40FN7O4/c1-23-7-5-9-29(24(23)2)30-13-10-26(11-15-35-40-25(3)44-49-35)19-33(30)48-37(46)43-34-16-17-39-36(42-34)41-28-12-14-32(31(38)20-28)47-22-27-8-6-18-45(4)21-27/h5,7,9-10,12-14,16-17,19-20,27H,6,8,11,15,18,21-22H2,1-4H3,(H2,39,41,42,43,46). The molecular formula is C37H40FN7O4. The molecule has 1 aliphatic heterocycles. The molecule has 1 amide bonds. The van der Waals surface area contributed by atoms with Gasteiger partial charge in [0, 0.05) is 42.4 Å². The average Bonchev–Trinajstić information content (AvgIpc) is 3.50. The summed E-state index contributed by atoms with van der Waals surface area (Å²) in [6.07, 6.45) is 4.11. The van der Waals surface area contributed by atoms with Crippen molar-refractivity contribution in [3.63, 3.8) is 0 Å². The fraction of sp³-hybridized carbons (Fsp3) is 0.324. The SMILES string of the molecule is Cc1noc(CCc2ccc(-c3cccc(C)c3C)c(OC(=O)Nc3ccnc(Nc4ccc(OCC5CCCN(C)C5)c(F)c4)n3)c2)n1. The number of amides is 1. The number of likely N-dealkylation sites (tertiary alicyclic amines) is 1. The number of nitrogens with zero attached hydrogens (tertiary/aromatic N) is 5. The van der Waals surface area contributed by atoms with Gasteiger partial charge in [0.2, 0.25) is 11.8 Å². The largest absolute Gasteiger partial charge is 0.490 e. The zero-order valence-electron chi connectivity index (χ0n) is 28.1. The molecule has 3 heterocycles. The fourth-order valence-corrected chi connectivity index (χ4v) is 5.93. The van der Waals surface area contributed by atoms with Crippen LogP contribution in [0.3, 0.4) is 0 Å². The van der Waals surface area contributed by atoms with Gasteiger partial charge in [-0.2, -0.15) is 9.97 Å². The molecule has 1 fully saturated rings. The summed E-state index contributed by atoms with van der Waals surface area (Å²) in [4.78, 5) is 28.4. The number of carbonyl (C=O) groups excluding carboxylic acids is 1. The molecule has 0 saturated carbocycles. The molecule has 2 N–H and O–H groups in total. The number of hydrogen-bond acceptors (Lipinski definition) is 10. The number of carbonyl (C=O) groups is 1. The first-order valence-electron chi connectivity index (χ1n) is 16.4. The van der Waals surface area contributed by atoms with Crippen molar-refractivity contribution in [2.75, 3.05) is 37.4 Å². The highest BCUT2D eigenvalue weighted by Gasteiger charge is 2.19. The van der Waals surface area contributed by atoms with Crippen molar-refractivity contribution >= 4 is 23.5 Å². The van der Waals surface area contributed by atoms with E-state index in [0.717, 1.165) is 53.7 Å². The van der Waals surface area contributed by atoms with Crippen LogP contribution in [0.1, 0.15) is 41.2 Å². The zero-order valence-corrected chi connectivity index (χ0v) is 28.1. The molecule has 1 atom stereocenters. The van der Waals surface area contributed by atoms with Crippen LogP contribution in [0.2, 0.25) is 0 Å². The van der Waals surface area contributed by atoms with Gasteiger partial charge in [-0.05, 0) is 100 Å². The minimum Gasteiger partial charge on any atom is -0.490 e. The van der Waals surface area contributed by atoms with Crippen molar-refractivity contribution in [3.05, 3.63) is 101 Å². The molecule has 49 heavy (non-hydrogen) atoms. The molecule has 6 rings (SSSR count). The lowest BCUT2D eigenvalue weighted by molar-refractivity contribution is 0.147. The summed E-state index contributed by atoms with van der Waals surface area (Å²) in [5.41, 5.74) is 5.32. The molecule has 1 aliphatic rings. The average molecular weight is 666 g/mol. The molecule has 0 radical (unpaired) electrons. The van der Waals surface area contributed by atoms with E-state index in [1.165, 1.54) is 12.3 Å². The topological polar surface area (TPSA) is 128 Å². The Balaban J connectivity index is 1.13. The predicted molar refractivity (Wildman–Crippen MR) is 185 cm³/mol. The van der Waals surface area contributed by atoms with Gasteiger partial charge in [0.05, 0.1) is 6.61 Å². The van der Waals surface area contributed by atoms with E-state index in [2.05, 4.69) is 42.7 Å². The van der Waals surface area contributed by atoms with E-state index >= 15 is 0 Å². The Kier molecular flexibility index (Phi) is 10.4. The van der Waals surface area contributed by atoms with Crippen LogP contribution in [-0.2, 0) is 12.8 Å². The maximum atomic E-state index is 14.9. The third kappa shape index (κ3) is 8.76. The second-order valence-electron chi connectivity index (χ2n) is 12.4. The van der Waals surface area contributed by atoms with E-state index in [4.69, 9.17) is 14.0 Å². The van der Waals surface area contributed by atoms with Gasteiger partial charge in [0.25, 0.3) is 0 Å². The van der Waals surface area contributed by atoms with Gasteiger partial charge in [-0.3, -0.25) is 5.32 Å². The number of aryl methyl sites for hydroxylation is 4. The minimum atomic E-state index is -0.724. The van der Waals surface area contributed by atoms with Crippen LogP contribution in [0.5, 0.6) is 11.5 Å². The molecule has 1 unspecified atom stereocenters. The Labute approximate surface area is 284 Å². The fourth-order valence-electron chi connectivity index (χ4n) is 5.93. The summed E-state index contributed by atoms with van der Waals surface area (Å²) in [6, 6.07) is 18.0. The van der Waals surface area contributed by atoms with E-state index in [0.29, 0.717) is 48.5 Å². The number of benzene rings is 3. The van der Waals surface area contributed by atoms with Crippen molar-refractivity contribution in [2.24, 2.45) is 5.92 Å². The molecule has 2 aromatic heterocycles. The normalized spacial score (nSPS) is 14.8. The molecule has 1 saturated heterocycles. The monoisotopic (exact) mass is 665 g/mol. The molecule has 0 aliphatic carbocycles. The van der Waals surface area contributed by atoms with Crippen molar-refractivity contribution in [1.29, 1.82) is 0 Å². The van der Waals surface area contributed by atoms with Crippen LogP contribution < -0.4 is 20.1 Å². The van der Waals surface area contributed by atoms with Crippen LogP contribution in [0.4, 0.5) is 26.6 Å². The Hall–Kier alpha value is -5.36. The zero-order chi connectivity index (χ0) is 34.3. The van der Waals surface area contributed by atoms with E-state index in [1.54, 1.807) is 25.1 Å². The second-order valence-corrected chi connectivity index (χ2v) is 12.4. The maximum Gasteiger partial charge on any atom is 0.418 e. The summed E-state index contributed by atoms with van der Waals surface area (Å²) in [6.45, 7) is 8.35. The number of nitrogens with one attached hydrogen (secondary N) is 2. The highest BCUT2D eigenvalue weighted by atomic mass is 19.1. The Morgan fingerprint density at radius 1 is 1.02 bits per heavy atom. The summed E-state index contributed by atoms with van der Waals surface area (Å²) < 4.78 is 31.9. The molecule has 11 nitrogen and oxygen atoms in total. The lowest BCUT2D eigenvalue weighted by Crippen LogP contribution is -2.34. The Morgan fingerprint density at radius 3 is 2.69 bits per heavy atom. The number of piperidine rings is 1. The lowest BCUT2D eigenvalue weighted by Gasteiger charge is -2.29. The molecule has 12 heteroatoms. The third-order valence-corrected chi connectivity index (χ3v) is 8.61. The number of rotatable bonds is 11. The molecular weight excluding hydrogens is 625 g/mol. The molecule has 5 aromatic rings. The van der Waals surface area contributed by atoms with E-state index in [1.807, 2.05) is 50.2 Å².